The highest BCUT2D eigenvalue weighted by atomic mass is 16.2. The average Bonchev–Trinajstić information content (AvgIpc) is 2.95. The topological polar surface area (TPSA) is 53.5 Å². The van der Waals surface area contributed by atoms with Gasteiger partial charge >= 0.3 is 0 Å². The lowest BCUT2D eigenvalue weighted by atomic mass is 9.72. The summed E-state index contributed by atoms with van der Waals surface area (Å²) < 4.78 is 0. The molecule has 5 nitrogen and oxygen atoms in total. The number of piperidine rings is 1. The Bertz CT molecular complexity index is 960. The van der Waals surface area contributed by atoms with Gasteiger partial charge in [0.15, 0.2) is 0 Å². The van der Waals surface area contributed by atoms with Crippen LogP contribution >= 0.6 is 0 Å². The highest BCUT2D eigenvalue weighted by molar-refractivity contribution is 5.85. The Labute approximate surface area is 190 Å². The molecule has 3 heterocycles. The first-order chi connectivity index (χ1) is 15.6. The van der Waals surface area contributed by atoms with Gasteiger partial charge in [0.1, 0.15) is 0 Å². The third kappa shape index (κ3) is 4.17. The van der Waals surface area contributed by atoms with Crippen molar-refractivity contribution in [1.82, 2.24) is 14.8 Å². The largest absolute Gasteiger partial charge is 0.342 e. The molecule has 0 atom stereocenters. The molecule has 0 bridgehead atoms. The van der Waals surface area contributed by atoms with Crippen LogP contribution in [0.3, 0.4) is 0 Å². The fraction of sp³-hybridized carbons (Fsp3) is 0.519. The molecule has 1 saturated carbocycles. The van der Waals surface area contributed by atoms with Gasteiger partial charge in [-0.25, -0.2) is 0 Å². The number of carbonyl (C=O) groups excluding carboxylic acids is 2. The highest BCUT2D eigenvalue weighted by Gasteiger charge is 2.46. The first kappa shape index (κ1) is 21.2. The van der Waals surface area contributed by atoms with Crippen LogP contribution in [0.1, 0.15) is 61.6 Å². The average molecular weight is 432 g/mol. The smallest absolute Gasteiger partial charge is 0.229 e. The van der Waals surface area contributed by atoms with Crippen LogP contribution in [0.2, 0.25) is 0 Å². The predicted molar refractivity (Wildman–Crippen MR) is 123 cm³/mol. The van der Waals surface area contributed by atoms with Gasteiger partial charge in [0.05, 0.1) is 5.41 Å². The summed E-state index contributed by atoms with van der Waals surface area (Å²) in [5.74, 6) is 0.765. The lowest BCUT2D eigenvalue weighted by Crippen LogP contribution is -2.52. The Morgan fingerprint density at radius 1 is 1.00 bits per heavy atom. The second-order valence-electron chi connectivity index (χ2n) is 9.91. The van der Waals surface area contributed by atoms with E-state index in [1.807, 2.05) is 23.2 Å². The van der Waals surface area contributed by atoms with Crippen molar-refractivity contribution in [3.05, 3.63) is 65.5 Å². The van der Waals surface area contributed by atoms with Gasteiger partial charge in [-0.15, -0.1) is 0 Å². The number of hydrogen-bond donors (Lipinski definition) is 0. The van der Waals surface area contributed by atoms with Crippen molar-refractivity contribution in [1.29, 1.82) is 0 Å². The number of amides is 2. The monoisotopic (exact) mass is 431 g/mol. The van der Waals surface area contributed by atoms with Crippen LogP contribution in [-0.4, -0.2) is 39.7 Å². The van der Waals surface area contributed by atoms with Crippen LogP contribution in [0.4, 0.5) is 0 Å². The Hall–Kier alpha value is -2.69. The number of pyridine rings is 1. The molecular weight excluding hydrogens is 398 g/mol. The fourth-order valence-corrected chi connectivity index (χ4v) is 5.93. The van der Waals surface area contributed by atoms with Gasteiger partial charge in [0.2, 0.25) is 11.8 Å². The minimum absolute atomic E-state index is 0.199. The van der Waals surface area contributed by atoms with Crippen molar-refractivity contribution < 1.29 is 9.59 Å². The molecule has 0 N–H and O–H groups in total. The molecule has 32 heavy (non-hydrogen) atoms. The van der Waals surface area contributed by atoms with Crippen LogP contribution in [0.15, 0.2) is 48.8 Å². The number of carbonyl (C=O) groups is 2. The van der Waals surface area contributed by atoms with Gasteiger partial charge in [-0.2, -0.15) is 0 Å². The summed E-state index contributed by atoms with van der Waals surface area (Å²) in [4.78, 5) is 35.4. The van der Waals surface area contributed by atoms with Crippen molar-refractivity contribution in [2.75, 3.05) is 13.1 Å². The first-order valence-electron chi connectivity index (χ1n) is 12.2. The number of aromatic nitrogens is 1. The molecular formula is C27H33N3O2. The summed E-state index contributed by atoms with van der Waals surface area (Å²) in [6, 6.07) is 12.4. The fourth-order valence-electron chi connectivity index (χ4n) is 5.93. The highest BCUT2D eigenvalue weighted by Crippen LogP contribution is 2.41. The molecule has 5 rings (SSSR count). The van der Waals surface area contributed by atoms with Crippen LogP contribution in [0, 0.1) is 11.3 Å². The minimum atomic E-state index is -0.418. The maximum atomic E-state index is 14.0. The Morgan fingerprint density at radius 2 is 1.75 bits per heavy atom. The molecule has 5 heteroatoms. The van der Waals surface area contributed by atoms with E-state index in [0.717, 1.165) is 37.7 Å². The third-order valence-corrected chi connectivity index (χ3v) is 7.83. The van der Waals surface area contributed by atoms with Gasteiger partial charge in [-0.1, -0.05) is 49.6 Å². The lowest BCUT2D eigenvalue weighted by Gasteiger charge is -2.43. The van der Waals surface area contributed by atoms with E-state index < -0.39 is 5.41 Å². The molecule has 1 saturated heterocycles. The molecule has 1 aromatic heterocycles. The lowest BCUT2D eigenvalue weighted by molar-refractivity contribution is -0.150. The van der Waals surface area contributed by atoms with E-state index in [-0.39, 0.29) is 11.8 Å². The van der Waals surface area contributed by atoms with Crippen LogP contribution < -0.4 is 0 Å². The van der Waals surface area contributed by atoms with Gasteiger partial charge < -0.3 is 9.80 Å². The molecule has 2 aliphatic heterocycles. The van der Waals surface area contributed by atoms with E-state index in [9.17, 15) is 9.59 Å². The molecule has 3 aliphatic rings. The van der Waals surface area contributed by atoms with E-state index in [0.29, 0.717) is 32.1 Å². The molecule has 2 amide bonds. The van der Waals surface area contributed by atoms with Crippen LogP contribution in [-0.2, 0) is 29.1 Å². The zero-order valence-corrected chi connectivity index (χ0v) is 18.8. The summed E-state index contributed by atoms with van der Waals surface area (Å²) in [6.45, 7) is 2.61. The second kappa shape index (κ2) is 9.05. The van der Waals surface area contributed by atoms with Gasteiger partial charge in [0.25, 0.3) is 0 Å². The number of hydrogen-bond acceptors (Lipinski definition) is 3. The number of benzene rings is 1. The standard InChI is InChI=1S/C27H33N3O2/c31-25(22-8-2-1-3-9-22)29-15-12-27(13-16-29)17-23-10-4-5-11-24(23)20-30(26(27)32)19-21-7-6-14-28-18-21/h4-7,10-11,14,18,22H,1-3,8-9,12-13,15-17,19-20H2. The third-order valence-electron chi connectivity index (χ3n) is 7.83. The molecule has 1 aromatic carbocycles. The zero-order chi connectivity index (χ0) is 22.0. The summed E-state index contributed by atoms with van der Waals surface area (Å²) in [5.41, 5.74) is 3.15. The van der Waals surface area contributed by atoms with Crippen LogP contribution in [0.25, 0.3) is 0 Å². The summed E-state index contributed by atoms with van der Waals surface area (Å²) in [7, 11) is 0. The van der Waals surface area contributed by atoms with Crippen molar-refractivity contribution in [2.24, 2.45) is 11.3 Å². The van der Waals surface area contributed by atoms with E-state index in [4.69, 9.17) is 0 Å². The van der Waals surface area contributed by atoms with Crippen molar-refractivity contribution in [2.45, 2.75) is 64.5 Å². The number of fused-ring (bicyclic) bond motifs is 1. The van der Waals surface area contributed by atoms with E-state index in [1.165, 1.54) is 30.4 Å². The number of nitrogens with zero attached hydrogens (tertiary/aromatic N) is 3. The predicted octanol–water partition coefficient (Wildman–Crippen LogP) is 4.36. The first-order valence-corrected chi connectivity index (χ1v) is 12.2. The summed E-state index contributed by atoms with van der Waals surface area (Å²) >= 11 is 0. The van der Waals surface area contributed by atoms with Gasteiger partial charge in [-0.3, -0.25) is 14.6 Å². The van der Waals surface area contributed by atoms with E-state index >= 15 is 0 Å². The maximum absolute atomic E-state index is 14.0. The SMILES string of the molecule is O=C(C1CCCCC1)N1CCC2(CC1)Cc1ccccc1CN(Cc1cccnc1)C2=O. The number of likely N-dealkylation sites (tertiary alicyclic amines) is 1. The van der Waals surface area contributed by atoms with Gasteiger partial charge in [-0.05, 0) is 54.9 Å². The van der Waals surface area contributed by atoms with Gasteiger partial charge in [0, 0.05) is 44.5 Å². The summed E-state index contributed by atoms with van der Waals surface area (Å²) in [5, 5.41) is 0. The Morgan fingerprint density at radius 3 is 2.47 bits per heavy atom. The maximum Gasteiger partial charge on any atom is 0.229 e. The molecule has 0 radical (unpaired) electrons. The minimum Gasteiger partial charge on any atom is -0.342 e. The Kier molecular flexibility index (Phi) is 5.99. The normalized spacial score (nSPS) is 21.3. The molecule has 2 aromatic rings. The van der Waals surface area contributed by atoms with E-state index in [1.54, 1.807) is 6.20 Å². The van der Waals surface area contributed by atoms with Crippen LogP contribution in [0.5, 0.6) is 0 Å². The number of rotatable bonds is 3. The quantitative estimate of drug-likeness (QED) is 0.726. The summed E-state index contributed by atoms with van der Waals surface area (Å²) in [6.07, 6.45) is 11.6. The van der Waals surface area contributed by atoms with Crippen molar-refractivity contribution in [3.63, 3.8) is 0 Å². The molecule has 1 spiro atoms. The molecule has 0 unspecified atom stereocenters. The van der Waals surface area contributed by atoms with Crippen molar-refractivity contribution >= 4 is 11.8 Å². The zero-order valence-electron chi connectivity index (χ0n) is 18.8. The second-order valence-corrected chi connectivity index (χ2v) is 9.91. The van der Waals surface area contributed by atoms with Crippen molar-refractivity contribution in [3.8, 4) is 0 Å². The molecule has 1 aliphatic carbocycles. The van der Waals surface area contributed by atoms with E-state index in [2.05, 4.69) is 34.1 Å². The molecule has 168 valence electrons. The molecule has 2 fully saturated rings. The Balaban J connectivity index is 1.37.